The molecule has 2 nitrogen and oxygen atoms in total. The first-order valence-electron chi connectivity index (χ1n) is 8.81. The van der Waals surface area contributed by atoms with Gasteiger partial charge < -0.3 is 10.2 Å². The van der Waals surface area contributed by atoms with E-state index in [1.54, 1.807) is 0 Å². The number of nitrogens with one attached hydrogen (secondary N) is 1. The van der Waals surface area contributed by atoms with E-state index in [4.69, 9.17) is 0 Å². The third-order valence-corrected chi connectivity index (χ3v) is 5.57. The number of para-hydroxylation sites is 1. The summed E-state index contributed by atoms with van der Waals surface area (Å²) in [5.74, 6) is 0. The first-order chi connectivity index (χ1) is 10.2. The van der Waals surface area contributed by atoms with Gasteiger partial charge in [-0.15, -0.1) is 0 Å². The SMILES string of the molecule is CCC1(C)CN(C2CCCCCC2)c2ccccc2CN1. The van der Waals surface area contributed by atoms with Crippen LogP contribution < -0.4 is 10.2 Å². The van der Waals surface area contributed by atoms with Crippen LogP contribution >= 0.6 is 0 Å². The summed E-state index contributed by atoms with van der Waals surface area (Å²) in [6, 6.07) is 9.76. The number of rotatable bonds is 2. The van der Waals surface area contributed by atoms with Crippen LogP contribution in [0.15, 0.2) is 24.3 Å². The van der Waals surface area contributed by atoms with Crippen molar-refractivity contribution in [3.05, 3.63) is 29.8 Å². The first kappa shape index (κ1) is 14.9. The van der Waals surface area contributed by atoms with Gasteiger partial charge in [0.15, 0.2) is 0 Å². The molecule has 1 aromatic carbocycles. The van der Waals surface area contributed by atoms with E-state index in [9.17, 15) is 0 Å². The van der Waals surface area contributed by atoms with Crippen LogP contribution in [0.2, 0.25) is 0 Å². The van der Waals surface area contributed by atoms with Crippen LogP contribution in [0.3, 0.4) is 0 Å². The molecule has 1 unspecified atom stereocenters. The topological polar surface area (TPSA) is 15.3 Å². The van der Waals surface area contributed by atoms with E-state index in [1.165, 1.54) is 56.2 Å². The fourth-order valence-electron chi connectivity index (χ4n) is 3.90. The van der Waals surface area contributed by atoms with Crippen molar-refractivity contribution in [2.24, 2.45) is 0 Å². The van der Waals surface area contributed by atoms with Gasteiger partial charge in [-0.3, -0.25) is 0 Å². The lowest BCUT2D eigenvalue weighted by Gasteiger charge is -2.39. The number of nitrogens with zero attached hydrogens (tertiary/aromatic N) is 1. The Kier molecular flexibility index (Phi) is 4.54. The van der Waals surface area contributed by atoms with Gasteiger partial charge in [0.1, 0.15) is 0 Å². The maximum Gasteiger partial charge on any atom is 0.0414 e. The zero-order valence-corrected chi connectivity index (χ0v) is 13.7. The van der Waals surface area contributed by atoms with Gasteiger partial charge in [-0.05, 0) is 37.8 Å². The molecule has 1 aliphatic heterocycles. The average molecular weight is 286 g/mol. The Balaban J connectivity index is 1.93. The van der Waals surface area contributed by atoms with E-state index in [2.05, 4.69) is 48.3 Å². The summed E-state index contributed by atoms with van der Waals surface area (Å²) in [6.07, 6.45) is 9.58. The van der Waals surface area contributed by atoms with E-state index in [-0.39, 0.29) is 5.54 Å². The molecule has 1 fully saturated rings. The number of anilines is 1. The van der Waals surface area contributed by atoms with Gasteiger partial charge in [0.2, 0.25) is 0 Å². The molecule has 0 aromatic heterocycles. The molecule has 0 amide bonds. The molecule has 1 N–H and O–H groups in total. The summed E-state index contributed by atoms with van der Waals surface area (Å²) >= 11 is 0. The van der Waals surface area contributed by atoms with Crippen molar-refractivity contribution in [3.8, 4) is 0 Å². The largest absolute Gasteiger partial charge is 0.366 e. The zero-order valence-electron chi connectivity index (χ0n) is 13.7. The summed E-state index contributed by atoms with van der Waals surface area (Å²) in [5.41, 5.74) is 3.18. The Hall–Kier alpha value is -1.02. The predicted molar refractivity (Wildman–Crippen MR) is 90.8 cm³/mol. The molecular weight excluding hydrogens is 256 g/mol. The standard InChI is InChI=1S/C19H30N2/c1-3-19(2)15-21(17-11-6-4-5-7-12-17)18-13-9-8-10-16(18)14-20-19/h8-10,13,17,20H,3-7,11-12,14-15H2,1-2H3. The highest BCUT2D eigenvalue weighted by molar-refractivity contribution is 5.56. The Morgan fingerprint density at radius 3 is 2.57 bits per heavy atom. The zero-order chi connectivity index (χ0) is 14.7. The van der Waals surface area contributed by atoms with Crippen molar-refractivity contribution < 1.29 is 0 Å². The first-order valence-corrected chi connectivity index (χ1v) is 8.81. The Labute approximate surface area is 129 Å². The van der Waals surface area contributed by atoms with E-state index in [0.29, 0.717) is 0 Å². The minimum Gasteiger partial charge on any atom is -0.366 e. The number of hydrogen-bond donors (Lipinski definition) is 1. The summed E-state index contributed by atoms with van der Waals surface area (Å²) in [5, 5.41) is 3.81. The van der Waals surface area contributed by atoms with E-state index < -0.39 is 0 Å². The second-order valence-electron chi connectivity index (χ2n) is 7.17. The molecule has 1 atom stereocenters. The second-order valence-corrected chi connectivity index (χ2v) is 7.17. The van der Waals surface area contributed by atoms with Crippen LogP contribution in [0.1, 0.15) is 64.4 Å². The van der Waals surface area contributed by atoms with E-state index in [0.717, 1.165) is 19.1 Å². The minimum absolute atomic E-state index is 0.228. The van der Waals surface area contributed by atoms with Crippen LogP contribution in [0.5, 0.6) is 0 Å². The monoisotopic (exact) mass is 286 g/mol. The van der Waals surface area contributed by atoms with Crippen molar-refractivity contribution >= 4 is 5.69 Å². The van der Waals surface area contributed by atoms with Crippen LogP contribution in [-0.4, -0.2) is 18.1 Å². The lowest BCUT2D eigenvalue weighted by atomic mass is 9.96. The van der Waals surface area contributed by atoms with Crippen molar-refractivity contribution in [2.75, 3.05) is 11.4 Å². The van der Waals surface area contributed by atoms with E-state index in [1.807, 2.05) is 0 Å². The van der Waals surface area contributed by atoms with E-state index >= 15 is 0 Å². The third-order valence-electron chi connectivity index (χ3n) is 5.57. The lowest BCUT2D eigenvalue weighted by Crippen LogP contribution is -2.51. The van der Waals surface area contributed by atoms with Crippen molar-refractivity contribution in [2.45, 2.75) is 76.9 Å². The van der Waals surface area contributed by atoms with Crippen LogP contribution in [0.4, 0.5) is 5.69 Å². The number of fused-ring (bicyclic) bond motifs is 1. The Bertz CT molecular complexity index is 462. The highest BCUT2D eigenvalue weighted by Gasteiger charge is 2.32. The Morgan fingerprint density at radius 1 is 1.14 bits per heavy atom. The van der Waals surface area contributed by atoms with Crippen LogP contribution in [-0.2, 0) is 6.54 Å². The molecule has 1 aliphatic carbocycles. The van der Waals surface area contributed by atoms with Crippen molar-refractivity contribution in [1.82, 2.24) is 5.32 Å². The second kappa shape index (κ2) is 6.39. The smallest absolute Gasteiger partial charge is 0.0414 e. The lowest BCUT2D eigenvalue weighted by molar-refractivity contribution is 0.335. The molecule has 0 spiro atoms. The highest BCUT2D eigenvalue weighted by atomic mass is 15.2. The summed E-state index contributed by atoms with van der Waals surface area (Å²) in [6.45, 7) is 6.85. The quantitative estimate of drug-likeness (QED) is 0.806. The summed E-state index contributed by atoms with van der Waals surface area (Å²) in [7, 11) is 0. The number of hydrogen-bond acceptors (Lipinski definition) is 2. The molecule has 0 saturated heterocycles. The third kappa shape index (κ3) is 3.26. The predicted octanol–water partition coefficient (Wildman–Crippen LogP) is 4.49. The molecule has 0 radical (unpaired) electrons. The molecular formula is C19H30N2. The normalized spacial score (nSPS) is 27.8. The minimum atomic E-state index is 0.228. The van der Waals surface area contributed by atoms with Gasteiger partial charge in [0, 0.05) is 30.4 Å². The maximum absolute atomic E-state index is 3.81. The Morgan fingerprint density at radius 2 is 1.86 bits per heavy atom. The van der Waals surface area contributed by atoms with Gasteiger partial charge in [-0.25, -0.2) is 0 Å². The fraction of sp³-hybridized carbons (Fsp3) is 0.684. The van der Waals surface area contributed by atoms with Crippen molar-refractivity contribution in [3.63, 3.8) is 0 Å². The van der Waals surface area contributed by atoms with Crippen LogP contribution in [0, 0.1) is 0 Å². The van der Waals surface area contributed by atoms with Crippen LogP contribution in [0.25, 0.3) is 0 Å². The van der Waals surface area contributed by atoms with Gasteiger partial charge in [-0.1, -0.05) is 50.8 Å². The molecule has 0 bridgehead atoms. The molecule has 1 heterocycles. The molecule has 21 heavy (non-hydrogen) atoms. The van der Waals surface area contributed by atoms with Gasteiger partial charge >= 0.3 is 0 Å². The maximum atomic E-state index is 3.81. The van der Waals surface area contributed by atoms with Gasteiger partial charge in [-0.2, -0.15) is 0 Å². The molecule has 2 heteroatoms. The van der Waals surface area contributed by atoms with Gasteiger partial charge in [0.05, 0.1) is 0 Å². The summed E-state index contributed by atoms with van der Waals surface area (Å²) < 4.78 is 0. The fourth-order valence-corrected chi connectivity index (χ4v) is 3.90. The average Bonchev–Trinajstić information content (AvgIpc) is 2.86. The molecule has 2 aliphatic rings. The van der Waals surface area contributed by atoms with Crippen molar-refractivity contribution in [1.29, 1.82) is 0 Å². The molecule has 1 saturated carbocycles. The highest BCUT2D eigenvalue weighted by Crippen LogP contribution is 2.33. The molecule has 1 aromatic rings. The summed E-state index contributed by atoms with van der Waals surface area (Å²) in [4.78, 5) is 2.74. The molecule has 116 valence electrons. The number of benzene rings is 1. The van der Waals surface area contributed by atoms with Gasteiger partial charge in [0.25, 0.3) is 0 Å². The molecule has 3 rings (SSSR count).